The summed E-state index contributed by atoms with van der Waals surface area (Å²) < 4.78 is 26.6. The third-order valence-corrected chi connectivity index (χ3v) is 4.84. The van der Waals surface area contributed by atoms with Crippen LogP contribution in [0.25, 0.3) is 0 Å². The summed E-state index contributed by atoms with van der Waals surface area (Å²) in [6.45, 7) is 5.63. The average Bonchev–Trinajstić information content (AvgIpc) is 2.60. The van der Waals surface area contributed by atoms with E-state index in [-0.39, 0.29) is 22.9 Å². The lowest BCUT2D eigenvalue weighted by molar-refractivity contribution is 0.102. The summed E-state index contributed by atoms with van der Waals surface area (Å²) in [5.41, 5.74) is 2.06. The molecule has 2 aromatic carbocycles. The number of rotatable bonds is 7. The van der Waals surface area contributed by atoms with Crippen LogP contribution in [0, 0.1) is 0 Å². The molecule has 0 heterocycles. The maximum Gasteiger partial charge on any atom is 0.255 e. The van der Waals surface area contributed by atoms with Crippen LogP contribution < -0.4 is 10.0 Å². The van der Waals surface area contributed by atoms with Crippen LogP contribution in [-0.2, 0) is 16.4 Å². The lowest BCUT2D eigenvalue weighted by Gasteiger charge is -2.09. The monoisotopic (exact) mass is 344 g/mol. The van der Waals surface area contributed by atoms with Crippen LogP contribution >= 0.6 is 0 Å². The molecule has 0 aliphatic rings. The molecule has 0 aliphatic carbocycles. The van der Waals surface area contributed by atoms with Crippen molar-refractivity contribution >= 4 is 21.6 Å². The first-order valence-corrected chi connectivity index (χ1v) is 9.05. The second-order valence-electron chi connectivity index (χ2n) is 5.18. The highest BCUT2D eigenvalue weighted by molar-refractivity contribution is 7.89. The number of nitrogens with one attached hydrogen (secondary N) is 2. The molecule has 0 fully saturated rings. The van der Waals surface area contributed by atoms with E-state index in [1.807, 2.05) is 25.1 Å². The Morgan fingerprint density at radius 3 is 2.62 bits per heavy atom. The van der Waals surface area contributed by atoms with Gasteiger partial charge in [-0.15, -0.1) is 6.58 Å². The Labute approximate surface area is 142 Å². The molecule has 2 rings (SSSR count). The molecule has 0 aromatic heterocycles. The van der Waals surface area contributed by atoms with Gasteiger partial charge in [-0.2, -0.15) is 0 Å². The standard InChI is InChI=1S/C18H20N2O3S/c1-3-11-19-24(22,23)17-10-6-8-15(13-17)18(21)20-16-9-5-7-14(4-2)12-16/h3,5-10,12-13,19H,1,4,11H2,2H3,(H,20,21). The molecule has 0 aliphatic heterocycles. The van der Waals surface area contributed by atoms with E-state index in [2.05, 4.69) is 16.6 Å². The third kappa shape index (κ3) is 4.53. The van der Waals surface area contributed by atoms with Crippen molar-refractivity contribution in [1.82, 2.24) is 4.72 Å². The summed E-state index contributed by atoms with van der Waals surface area (Å²) in [6.07, 6.45) is 2.32. The maximum absolute atomic E-state index is 12.4. The van der Waals surface area contributed by atoms with E-state index in [1.165, 1.54) is 18.2 Å². The van der Waals surface area contributed by atoms with E-state index in [1.54, 1.807) is 18.2 Å². The van der Waals surface area contributed by atoms with Crippen LogP contribution in [0.15, 0.2) is 66.1 Å². The van der Waals surface area contributed by atoms with E-state index in [4.69, 9.17) is 0 Å². The van der Waals surface area contributed by atoms with Crippen LogP contribution in [0.2, 0.25) is 0 Å². The predicted molar refractivity (Wildman–Crippen MR) is 95.6 cm³/mol. The normalized spacial score (nSPS) is 11.0. The summed E-state index contributed by atoms with van der Waals surface area (Å²) in [4.78, 5) is 12.4. The number of carbonyl (C=O) groups is 1. The quantitative estimate of drug-likeness (QED) is 0.758. The maximum atomic E-state index is 12.4. The van der Waals surface area contributed by atoms with Crippen LogP contribution in [0.3, 0.4) is 0 Å². The van der Waals surface area contributed by atoms with Crippen molar-refractivity contribution in [2.75, 3.05) is 11.9 Å². The highest BCUT2D eigenvalue weighted by Gasteiger charge is 2.15. The fourth-order valence-electron chi connectivity index (χ4n) is 2.13. The minimum absolute atomic E-state index is 0.0410. The predicted octanol–water partition coefficient (Wildman–Crippen LogP) is 2.97. The summed E-state index contributed by atoms with van der Waals surface area (Å²) in [7, 11) is -3.66. The van der Waals surface area contributed by atoms with Gasteiger partial charge < -0.3 is 5.32 Å². The summed E-state index contributed by atoms with van der Waals surface area (Å²) in [5.74, 6) is -0.357. The van der Waals surface area contributed by atoms with Gasteiger partial charge in [-0.1, -0.05) is 31.2 Å². The Balaban J connectivity index is 2.21. The second-order valence-corrected chi connectivity index (χ2v) is 6.94. The van der Waals surface area contributed by atoms with E-state index in [0.717, 1.165) is 12.0 Å². The van der Waals surface area contributed by atoms with Crippen molar-refractivity contribution < 1.29 is 13.2 Å². The fourth-order valence-corrected chi connectivity index (χ4v) is 3.17. The van der Waals surface area contributed by atoms with Crippen molar-refractivity contribution in [3.8, 4) is 0 Å². The van der Waals surface area contributed by atoms with Gasteiger partial charge in [0.2, 0.25) is 10.0 Å². The zero-order valence-corrected chi connectivity index (χ0v) is 14.3. The van der Waals surface area contributed by atoms with Gasteiger partial charge >= 0.3 is 0 Å². The van der Waals surface area contributed by atoms with Crippen molar-refractivity contribution in [3.63, 3.8) is 0 Å². The van der Waals surface area contributed by atoms with Crippen molar-refractivity contribution in [1.29, 1.82) is 0 Å². The largest absolute Gasteiger partial charge is 0.322 e. The average molecular weight is 344 g/mol. The molecule has 2 aromatic rings. The van der Waals surface area contributed by atoms with Crippen LogP contribution in [0.5, 0.6) is 0 Å². The van der Waals surface area contributed by atoms with Gasteiger partial charge in [0, 0.05) is 17.8 Å². The molecule has 0 spiro atoms. The van der Waals surface area contributed by atoms with Crippen molar-refractivity contribution in [2.24, 2.45) is 0 Å². The van der Waals surface area contributed by atoms with Gasteiger partial charge in [-0.05, 0) is 42.3 Å². The molecule has 0 unspecified atom stereocenters. The van der Waals surface area contributed by atoms with Gasteiger partial charge in [0.25, 0.3) is 5.91 Å². The minimum atomic E-state index is -3.66. The number of benzene rings is 2. The molecule has 2 N–H and O–H groups in total. The number of carbonyl (C=O) groups excluding carboxylic acids is 1. The van der Waals surface area contributed by atoms with Crippen LogP contribution in [-0.4, -0.2) is 20.9 Å². The summed E-state index contributed by atoms with van der Waals surface area (Å²) in [6, 6.07) is 13.5. The number of sulfonamides is 1. The van der Waals surface area contributed by atoms with Gasteiger partial charge in [-0.3, -0.25) is 4.79 Å². The first-order valence-electron chi connectivity index (χ1n) is 7.57. The molecule has 0 atom stereocenters. The molecule has 24 heavy (non-hydrogen) atoms. The molecule has 6 heteroatoms. The molecule has 0 saturated heterocycles. The highest BCUT2D eigenvalue weighted by atomic mass is 32.2. The first kappa shape index (κ1) is 17.9. The molecule has 126 valence electrons. The number of anilines is 1. The first-order chi connectivity index (χ1) is 11.5. The van der Waals surface area contributed by atoms with E-state index >= 15 is 0 Å². The molecular formula is C18H20N2O3S. The SMILES string of the molecule is C=CCNS(=O)(=O)c1cccc(C(=O)Nc2cccc(CC)c2)c1. The lowest BCUT2D eigenvalue weighted by Crippen LogP contribution is -2.24. The second kappa shape index (κ2) is 7.90. The molecule has 0 bridgehead atoms. The van der Waals surface area contributed by atoms with Crippen molar-refractivity contribution in [3.05, 3.63) is 72.3 Å². The number of hydrogen-bond donors (Lipinski definition) is 2. The van der Waals surface area contributed by atoms with Gasteiger partial charge in [0.05, 0.1) is 4.90 Å². The summed E-state index contributed by atoms with van der Waals surface area (Å²) >= 11 is 0. The fraction of sp³-hybridized carbons (Fsp3) is 0.167. The smallest absolute Gasteiger partial charge is 0.255 e. The van der Waals surface area contributed by atoms with Crippen LogP contribution in [0.4, 0.5) is 5.69 Å². The Morgan fingerprint density at radius 1 is 1.17 bits per heavy atom. The minimum Gasteiger partial charge on any atom is -0.322 e. The van der Waals surface area contributed by atoms with E-state index < -0.39 is 10.0 Å². The zero-order chi connectivity index (χ0) is 17.6. The van der Waals surface area contributed by atoms with Crippen molar-refractivity contribution in [2.45, 2.75) is 18.2 Å². The molecule has 0 radical (unpaired) electrons. The van der Waals surface area contributed by atoms with Gasteiger partial charge in [0.15, 0.2) is 0 Å². The Hall–Kier alpha value is -2.44. The lowest BCUT2D eigenvalue weighted by atomic mass is 10.1. The zero-order valence-electron chi connectivity index (χ0n) is 13.5. The molecular weight excluding hydrogens is 324 g/mol. The van der Waals surface area contributed by atoms with Gasteiger partial charge in [0.1, 0.15) is 0 Å². The number of aryl methyl sites for hydroxylation is 1. The molecule has 1 amide bonds. The molecule has 0 saturated carbocycles. The Kier molecular flexibility index (Phi) is 5.89. The highest BCUT2D eigenvalue weighted by Crippen LogP contribution is 2.15. The number of hydrogen-bond acceptors (Lipinski definition) is 3. The molecule has 5 nitrogen and oxygen atoms in total. The van der Waals surface area contributed by atoms with Gasteiger partial charge in [-0.25, -0.2) is 13.1 Å². The topological polar surface area (TPSA) is 75.3 Å². The van der Waals surface area contributed by atoms with Crippen LogP contribution in [0.1, 0.15) is 22.8 Å². The number of amides is 1. The summed E-state index contributed by atoms with van der Waals surface area (Å²) in [5, 5.41) is 2.78. The Morgan fingerprint density at radius 2 is 1.92 bits per heavy atom. The van der Waals surface area contributed by atoms with E-state index in [9.17, 15) is 13.2 Å². The Bertz CT molecular complexity index is 845. The van der Waals surface area contributed by atoms with E-state index in [0.29, 0.717) is 5.69 Å². The third-order valence-electron chi connectivity index (χ3n) is 3.42.